The number of hydrogen-bond donors (Lipinski definition) is 0. The average molecular weight is 1100 g/mol. The molecular formula is C80H68F2N2. The highest BCUT2D eigenvalue weighted by Crippen LogP contribution is 2.55. The van der Waals surface area contributed by atoms with Crippen LogP contribution in [0, 0.1) is 18.6 Å². The largest absolute Gasteiger partial charge is 0.308 e. The van der Waals surface area contributed by atoms with Crippen molar-refractivity contribution in [3.05, 3.63) is 288 Å². The predicted octanol–water partition coefficient (Wildman–Crippen LogP) is 23.1. The summed E-state index contributed by atoms with van der Waals surface area (Å²) in [7, 11) is 0. The first-order valence-corrected chi connectivity index (χ1v) is 29.3. The lowest BCUT2D eigenvalue weighted by molar-refractivity contribution is 0.590. The number of halogens is 2. The van der Waals surface area contributed by atoms with Crippen molar-refractivity contribution >= 4 is 55.7 Å². The first kappa shape index (κ1) is 53.9. The molecule has 0 heterocycles. The van der Waals surface area contributed by atoms with Crippen LogP contribution < -0.4 is 9.80 Å². The van der Waals surface area contributed by atoms with Crippen LogP contribution >= 0.6 is 0 Å². The maximum Gasteiger partial charge on any atom is 0.155 e. The Labute approximate surface area is 494 Å². The summed E-state index contributed by atoms with van der Waals surface area (Å²) in [4.78, 5) is 4.22. The van der Waals surface area contributed by atoms with Crippen LogP contribution in [0.1, 0.15) is 83.2 Å². The van der Waals surface area contributed by atoms with E-state index in [9.17, 15) is 0 Å². The highest BCUT2D eigenvalue weighted by molar-refractivity contribution is 6.19. The number of aryl methyl sites for hydroxylation is 1. The molecule has 0 aromatic heterocycles. The van der Waals surface area contributed by atoms with Gasteiger partial charge in [0.2, 0.25) is 0 Å². The van der Waals surface area contributed by atoms with Crippen molar-refractivity contribution in [2.45, 2.75) is 78.6 Å². The van der Waals surface area contributed by atoms with E-state index in [1.54, 1.807) is 0 Å². The van der Waals surface area contributed by atoms with E-state index in [1.807, 2.05) is 121 Å². The van der Waals surface area contributed by atoms with Gasteiger partial charge in [0.05, 0.1) is 11.4 Å². The molecule has 12 aromatic rings. The molecule has 0 amide bonds. The predicted molar refractivity (Wildman–Crippen MR) is 352 cm³/mol. The maximum absolute atomic E-state index is 18.0. The molecule has 0 unspecified atom stereocenters. The highest BCUT2D eigenvalue weighted by atomic mass is 19.1. The molecule has 1 aliphatic carbocycles. The molecule has 0 saturated heterocycles. The Morgan fingerprint density at radius 2 is 0.750 bits per heavy atom. The minimum atomic E-state index is -0.493. The Morgan fingerprint density at radius 1 is 0.333 bits per heavy atom. The van der Waals surface area contributed by atoms with Crippen LogP contribution in [0.25, 0.3) is 77.2 Å². The number of rotatable bonds is 10. The van der Waals surface area contributed by atoms with Gasteiger partial charge < -0.3 is 9.80 Å². The summed E-state index contributed by atoms with van der Waals surface area (Å²) >= 11 is 0. The molecular weight excluding hydrogens is 1030 g/mol. The van der Waals surface area contributed by atoms with Gasteiger partial charge in [-0.25, -0.2) is 8.78 Å². The van der Waals surface area contributed by atoms with E-state index in [1.165, 1.54) is 27.6 Å². The topological polar surface area (TPSA) is 6.48 Å². The lowest BCUT2D eigenvalue weighted by atomic mass is 9.67. The van der Waals surface area contributed by atoms with Crippen molar-refractivity contribution < 1.29 is 8.78 Å². The highest BCUT2D eigenvalue weighted by Gasteiger charge is 2.37. The zero-order valence-electron chi connectivity index (χ0n) is 49.3. The summed E-state index contributed by atoms with van der Waals surface area (Å²) in [5.41, 5.74) is 18.6. The van der Waals surface area contributed by atoms with E-state index in [-0.39, 0.29) is 22.5 Å². The summed E-state index contributed by atoms with van der Waals surface area (Å²) < 4.78 is 36.1. The number of benzene rings is 12. The van der Waals surface area contributed by atoms with Gasteiger partial charge in [0.15, 0.2) is 11.6 Å². The van der Waals surface area contributed by atoms with Crippen LogP contribution in [-0.4, -0.2) is 0 Å². The van der Waals surface area contributed by atoms with Crippen molar-refractivity contribution in [1.29, 1.82) is 0 Å². The number of fused-ring (bicyclic) bond motifs is 4. The normalized spacial score (nSPS) is 12.8. The number of nitrogens with zero attached hydrogens (tertiary/aromatic N) is 2. The van der Waals surface area contributed by atoms with E-state index < -0.39 is 5.41 Å². The Bertz CT molecular complexity index is 4460. The molecule has 84 heavy (non-hydrogen) atoms. The quantitative estimate of drug-likeness (QED) is 0.126. The van der Waals surface area contributed by atoms with Crippen LogP contribution in [0.3, 0.4) is 0 Å². The lowest BCUT2D eigenvalue weighted by Gasteiger charge is -2.38. The fourth-order valence-corrected chi connectivity index (χ4v) is 12.9. The van der Waals surface area contributed by atoms with Gasteiger partial charge in [-0.2, -0.15) is 0 Å². The van der Waals surface area contributed by atoms with E-state index in [0.717, 1.165) is 89.0 Å². The SMILES string of the molecule is Cc1c2c3c(cccc3c3cc(N(c4ccc(C(C)(C)C)cc4)c4cc(-c5ccccc5)cc(-c5ccccc5)c4F)ccc13)C(C)(C)c1cc(N(c3ccc(C(C)(C)C)cc3)c3cc(-c4ccccc4)cc(-c4ccccc4)c3F)ccc1-2. The van der Waals surface area contributed by atoms with Gasteiger partial charge in [0.25, 0.3) is 0 Å². The second-order valence-corrected chi connectivity index (χ2v) is 25.3. The van der Waals surface area contributed by atoms with Crippen LogP contribution in [0.4, 0.5) is 42.9 Å². The summed E-state index contributed by atoms with van der Waals surface area (Å²) in [5, 5.41) is 4.55. The molecule has 1 aliphatic rings. The zero-order chi connectivity index (χ0) is 58.2. The third-order valence-corrected chi connectivity index (χ3v) is 17.5. The molecule has 0 saturated carbocycles. The van der Waals surface area contributed by atoms with Crippen molar-refractivity contribution in [3.63, 3.8) is 0 Å². The molecule has 0 N–H and O–H groups in total. The van der Waals surface area contributed by atoms with E-state index >= 15 is 8.78 Å². The molecule has 412 valence electrons. The van der Waals surface area contributed by atoms with E-state index in [0.29, 0.717) is 22.5 Å². The molecule has 12 aromatic carbocycles. The maximum atomic E-state index is 18.0. The van der Waals surface area contributed by atoms with Crippen LogP contribution in [-0.2, 0) is 16.2 Å². The monoisotopic (exact) mass is 1090 g/mol. The Morgan fingerprint density at radius 3 is 1.20 bits per heavy atom. The van der Waals surface area contributed by atoms with Gasteiger partial charge in [-0.1, -0.05) is 231 Å². The van der Waals surface area contributed by atoms with Gasteiger partial charge in [-0.3, -0.25) is 0 Å². The Balaban J connectivity index is 1.01. The fraction of sp³-hybridized carbons (Fsp3) is 0.150. The first-order valence-electron chi connectivity index (χ1n) is 29.3. The number of hydrogen-bond acceptors (Lipinski definition) is 2. The zero-order valence-corrected chi connectivity index (χ0v) is 49.3. The first-order chi connectivity index (χ1) is 40.4. The molecule has 0 aliphatic heterocycles. The molecule has 0 spiro atoms. The van der Waals surface area contributed by atoms with E-state index in [4.69, 9.17) is 0 Å². The molecule has 4 heteroatoms. The standard InChI is InChI=1S/C80H68F2N2/c1-51-64-43-41-62(83(60-37-33-58(34-38-60)78(2,3)4)72-47-56(52-23-14-10-15-24-52)45-67(76(72)81)54-27-18-12-19-28-54)49-69(64)65-31-22-32-70-75(65)74(51)66-44-42-63(50-71(66)80(70,8)9)84(61-39-35-59(36-40-61)79(5,6)7)73-48-57(53-25-16-11-17-26-53)46-68(77(73)82)55-29-20-13-21-30-55/h10-50H,1-9H3. The van der Waals surface area contributed by atoms with Gasteiger partial charge in [-0.15, -0.1) is 0 Å². The molecule has 0 fully saturated rings. The van der Waals surface area contributed by atoms with Crippen molar-refractivity contribution in [2.24, 2.45) is 0 Å². The summed E-state index contributed by atoms with van der Waals surface area (Å²) in [6.45, 7) is 20.2. The van der Waals surface area contributed by atoms with Crippen molar-refractivity contribution in [1.82, 2.24) is 0 Å². The van der Waals surface area contributed by atoms with Crippen LogP contribution in [0.2, 0.25) is 0 Å². The number of anilines is 6. The summed E-state index contributed by atoms with van der Waals surface area (Å²) in [6, 6.07) is 85.7. The molecule has 0 atom stereocenters. The summed E-state index contributed by atoms with van der Waals surface area (Å²) in [6.07, 6.45) is 0. The third-order valence-electron chi connectivity index (χ3n) is 17.5. The minimum Gasteiger partial charge on any atom is -0.308 e. The van der Waals surface area contributed by atoms with Crippen molar-refractivity contribution in [2.75, 3.05) is 9.80 Å². The van der Waals surface area contributed by atoms with Crippen LogP contribution in [0.15, 0.2) is 249 Å². The minimum absolute atomic E-state index is 0.0765. The van der Waals surface area contributed by atoms with Crippen LogP contribution in [0.5, 0.6) is 0 Å². The molecule has 13 rings (SSSR count). The Hall–Kier alpha value is -9.38. The Kier molecular flexibility index (Phi) is 13.3. The second-order valence-electron chi connectivity index (χ2n) is 25.3. The summed E-state index contributed by atoms with van der Waals surface area (Å²) in [5.74, 6) is -0.589. The van der Waals surface area contributed by atoms with Gasteiger partial charge in [-0.05, 0) is 184 Å². The second kappa shape index (κ2) is 20.8. The smallest absolute Gasteiger partial charge is 0.155 e. The van der Waals surface area contributed by atoms with Gasteiger partial charge >= 0.3 is 0 Å². The van der Waals surface area contributed by atoms with E-state index in [2.05, 4.69) is 200 Å². The molecule has 2 nitrogen and oxygen atoms in total. The third kappa shape index (κ3) is 9.44. The lowest BCUT2D eigenvalue weighted by Crippen LogP contribution is -2.25. The average Bonchev–Trinajstić information content (AvgIpc) is 0.950. The fourth-order valence-electron chi connectivity index (χ4n) is 12.9. The van der Waals surface area contributed by atoms with Gasteiger partial charge in [0.1, 0.15) is 0 Å². The molecule has 0 bridgehead atoms. The van der Waals surface area contributed by atoms with Gasteiger partial charge in [0, 0.05) is 39.3 Å². The van der Waals surface area contributed by atoms with Crippen molar-refractivity contribution in [3.8, 4) is 55.6 Å². The molecule has 0 radical (unpaired) electrons.